The maximum absolute atomic E-state index is 13.7. The molecule has 7 heteroatoms. The van der Waals surface area contributed by atoms with Crippen molar-refractivity contribution in [1.82, 2.24) is 10.3 Å². The zero-order valence-corrected chi connectivity index (χ0v) is 20.9. The van der Waals surface area contributed by atoms with Crippen LogP contribution in [0.4, 0.5) is 5.69 Å². The molecule has 1 atom stereocenters. The number of ether oxygens (including phenoxy) is 2. The van der Waals surface area contributed by atoms with E-state index in [4.69, 9.17) is 9.47 Å². The first-order valence-electron chi connectivity index (χ1n) is 12.2. The molecule has 0 saturated heterocycles. The lowest BCUT2D eigenvalue weighted by atomic mass is 10.0. The number of amides is 2. The maximum Gasteiger partial charge on any atom is 0.249 e. The van der Waals surface area contributed by atoms with Crippen molar-refractivity contribution in [3.8, 4) is 11.5 Å². The summed E-state index contributed by atoms with van der Waals surface area (Å²) in [5.41, 5.74) is 5.38. The van der Waals surface area contributed by atoms with Crippen molar-refractivity contribution in [2.75, 3.05) is 18.7 Å². The number of fused-ring (bicyclic) bond motifs is 2. The minimum absolute atomic E-state index is 0.152. The van der Waals surface area contributed by atoms with Crippen LogP contribution in [0.25, 0.3) is 17.0 Å². The number of aromatic amines is 1. The number of aryl methyl sites for hydroxylation is 1. The molecule has 4 aromatic rings. The largest absolute Gasteiger partial charge is 0.454 e. The molecule has 0 aliphatic carbocycles. The van der Waals surface area contributed by atoms with E-state index >= 15 is 0 Å². The lowest BCUT2D eigenvalue weighted by Gasteiger charge is -2.25. The number of nitrogens with zero attached hydrogens (tertiary/aromatic N) is 1. The Bertz CT molecular complexity index is 1480. The number of hydrogen-bond donors (Lipinski definition) is 2. The van der Waals surface area contributed by atoms with Crippen molar-refractivity contribution in [3.05, 3.63) is 95.7 Å². The molecular formula is C30H29N3O4. The van der Waals surface area contributed by atoms with E-state index < -0.39 is 6.04 Å². The number of rotatable bonds is 8. The monoisotopic (exact) mass is 495 g/mol. The van der Waals surface area contributed by atoms with E-state index in [9.17, 15) is 9.59 Å². The molecule has 1 aromatic heterocycles. The minimum atomic E-state index is -0.750. The van der Waals surface area contributed by atoms with E-state index in [-0.39, 0.29) is 25.0 Å². The smallest absolute Gasteiger partial charge is 0.249 e. The second-order valence-electron chi connectivity index (χ2n) is 9.12. The Balaban J connectivity index is 1.39. The topological polar surface area (TPSA) is 83.7 Å². The number of para-hydroxylation sites is 1. The number of aromatic nitrogens is 1. The fraction of sp³-hybridized carbons (Fsp3) is 0.200. The lowest BCUT2D eigenvalue weighted by molar-refractivity contribution is -0.127. The van der Waals surface area contributed by atoms with Gasteiger partial charge < -0.3 is 24.7 Å². The van der Waals surface area contributed by atoms with Crippen LogP contribution in [0.3, 0.4) is 0 Å². The summed E-state index contributed by atoms with van der Waals surface area (Å²) in [6.45, 7) is 6.00. The number of carbonyl (C=O) groups is 2. The molecule has 37 heavy (non-hydrogen) atoms. The standard InChI is InChI=1S/C30H29N3O4/c1-4-21-11-8-12-23-24(19(2)31-29(21)23)17-28(34)32-25(15-20-9-6-5-7-10-20)30(35)33(3)22-13-14-26-27(16-22)37-18-36-26/h4-14,16,25,31H,1,15,17-18H2,2-3H3,(H,32,34). The van der Waals surface area contributed by atoms with Gasteiger partial charge in [-0.3, -0.25) is 9.59 Å². The molecule has 0 saturated carbocycles. The molecule has 2 heterocycles. The van der Waals surface area contributed by atoms with Gasteiger partial charge >= 0.3 is 0 Å². The number of likely N-dealkylation sites (N-methyl/N-ethyl adjacent to an activating group) is 1. The van der Waals surface area contributed by atoms with Crippen molar-refractivity contribution in [2.24, 2.45) is 0 Å². The van der Waals surface area contributed by atoms with E-state index in [2.05, 4.69) is 16.9 Å². The summed E-state index contributed by atoms with van der Waals surface area (Å²) in [5.74, 6) is 0.795. The molecular weight excluding hydrogens is 466 g/mol. The average molecular weight is 496 g/mol. The number of nitrogens with one attached hydrogen (secondary N) is 2. The summed E-state index contributed by atoms with van der Waals surface area (Å²) in [4.78, 5) is 31.9. The number of anilines is 1. The number of hydrogen-bond acceptors (Lipinski definition) is 4. The first-order valence-corrected chi connectivity index (χ1v) is 12.2. The Morgan fingerprint density at radius 2 is 1.86 bits per heavy atom. The van der Waals surface area contributed by atoms with Crippen LogP contribution < -0.4 is 19.7 Å². The van der Waals surface area contributed by atoms with Crippen molar-refractivity contribution in [3.63, 3.8) is 0 Å². The highest BCUT2D eigenvalue weighted by atomic mass is 16.7. The van der Waals surface area contributed by atoms with E-state index in [0.717, 1.165) is 33.3 Å². The third-order valence-corrected chi connectivity index (χ3v) is 6.73. The first kappa shape index (κ1) is 24.2. The SMILES string of the molecule is C=Cc1cccc2c(CC(=O)NC(Cc3ccccc3)C(=O)N(C)c3ccc4c(c3)OCO4)c(C)[nH]c12. The molecule has 0 bridgehead atoms. The highest BCUT2D eigenvalue weighted by Crippen LogP contribution is 2.35. The van der Waals surface area contributed by atoms with Crippen molar-refractivity contribution in [1.29, 1.82) is 0 Å². The Kier molecular flexibility index (Phi) is 6.68. The van der Waals surface area contributed by atoms with Crippen LogP contribution in [0, 0.1) is 6.92 Å². The molecule has 188 valence electrons. The fourth-order valence-electron chi connectivity index (χ4n) is 4.73. The van der Waals surface area contributed by atoms with Crippen molar-refractivity contribution >= 4 is 34.5 Å². The fourth-order valence-corrected chi connectivity index (χ4v) is 4.73. The van der Waals surface area contributed by atoms with Gasteiger partial charge in [0.25, 0.3) is 0 Å². The predicted octanol–water partition coefficient (Wildman–Crippen LogP) is 4.78. The van der Waals surface area contributed by atoms with Crippen molar-refractivity contribution < 1.29 is 19.1 Å². The molecule has 1 aliphatic rings. The van der Waals surface area contributed by atoms with E-state index in [1.807, 2.05) is 55.5 Å². The second kappa shape index (κ2) is 10.2. The van der Waals surface area contributed by atoms with Crippen LogP contribution in [-0.4, -0.2) is 36.7 Å². The number of carbonyl (C=O) groups excluding carboxylic acids is 2. The van der Waals surface area contributed by atoms with Gasteiger partial charge in [-0.2, -0.15) is 0 Å². The average Bonchev–Trinajstić information content (AvgIpc) is 3.51. The van der Waals surface area contributed by atoms with Crippen LogP contribution in [0.2, 0.25) is 0 Å². The van der Waals surface area contributed by atoms with Gasteiger partial charge in [-0.15, -0.1) is 0 Å². The summed E-state index contributed by atoms with van der Waals surface area (Å²) in [7, 11) is 1.70. The van der Waals surface area contributed by atoms with Gasteiger partial charge in [-0.25, -0.2) is 0 Å². The highest BCUT2D eigenvalue weighted by molar-refractivity contribution is 6.00. The molecule has 0 radical (unpaired) electrons. The molecule has 1 unspecified atom stereocenters. The van der Waals surface area contributed by atoms with Gasteiger partial charge in [-0.1, -0.05) is 61.2 Å². The van der Waals surface area contributed by atoms with Gasteiger partial charge in [0.1, 0.15) is 6.04 Å². The highest BCUT2D eigenvalue weighted by Gasteiger charge is 2.27. The van der Waals surface area contributed by atoms with Crippen molar-refractivity contribution in [2.45, 2.75) is 25.8 Å². The van der Waals surface area contributed by atoms with Crippen LogP contribution in [0.5, 0.6) is 11.5 Å². The van der Waals surface area contributed by atoms with E-state index in [0.29, 0.717) is 23.6 Å². The number of benzene rings is 3. The van der Waals surface area contributed by atoms with E-state index in [1.165, 1.54) is 0 Å². The summed E-state index contributed by atoms with van der Waals surface area (Å²) >= 11 is 0. The molecule has 2 amide bonds. The molecule has 2 N–H and O–H groups in total. The van der Waals surface area contributed by atoms with Crippen LogP contribution >= 0.6 is 0 Å². The Morgan fingerprint density at radius 3 is 2.65 bits per heavy atom. The van der Waals surface area contributed by atoms with Gasteiger partial charge in [0.2, 0.25) is 18.6 Å². The van der Waals surface area contributed by atoms with Crippen LogP contribution in [0.15, 0.2) is 73.3 Å². The lowest BCUT2D eigenvalue weighted by Crippen LogP contribution is -2.49. The van der Waals surface area contributed by atoms with Crippen LogP contribution in [-0.2, 0) is 22.4 Å². The minimum Gasteiger partial charge on any atom is -0.454 e. The summed E-state index contributed by atoms with van der Waals surface area (Å²) in [6, 6.07) is 20.2. The molecule has 1 aliphatic heterocycles. The van der Waals surface area contributed by atoms with E-state index in [1.54, 1.807) is 36.2 Å². The quantitative estimate of drug-likeness (QED) is 0.369. The zero-order chi connectivity index (χ0) is 25.9. The molecule has 0 spiro atoms. The third kappa shape index (κ3) is 4.93. The third-order valence-electron chi connectivity index (χ3n) is 6.73. The zero-order valence-electron chi connectivity index (χ0n) is 20.9. The Hall–Kier alpha value is -4.52. The predicted molar refractivity (Wildman–Crippen MR) is 145 cm³/mol. The number of H-pyrrole nitrogens is 1. The Morgan fingerprint density at radius 1 is 1.08 bits per heavy atom. The van der Waals surface area contributed by atoms with Gasteiger partial charge in [0, 0.05) is 36.3 Å². The summed E-state index contributed by atoms with van der Waals surface area (Å²) in [5, 5.41) is 3.99. The van der Waals surface area contributed by atoms with Gasteiger partial charge in [0.15, 0.2) is 11.5 Å². The summed E-state index contributed by atoms with van der Waals surface area (Å²) < 4.78 is 10.9. The second-order valence-corrected chi connectivity index (χ2v) is 9.12. The maximum atomic E-state index is 13.7. The molecule has 7 nitrogen and oxygen atoms in total. The van der Waals surface area contributed by atoms with Gasteiger partial charge in [-0.05, 0) is 35.7 Å². The molecule has 0 fully saturated rings. The van der Waals surface area contributed by atoms with Gasteiger partial charge in [0.05, 0.1) is 11.9 Å². The van der Waals surface area contributed by atoms with Crippen LogP contribution in [0.1, 0.15) is 22.4 Å². The normalized spacial score (nSPS) is 12.8. The summed E-state index contributed by atoms with van der Waals surface area (Å²) in [6.07, 6.45) is 2.31. The molecule has 3 aromatic carbocycles. The first-order chi connectivity index (χ1) is 17.9. The molecule has 5 rings (SSSR count). The Labute approximate surface area is 215 Å².